The predicted molar refractivity (Wildman–Crippen MR) is 120 cm³/mol. The Bertz CT molecular complexity index is 1320. The Hall–Kier alpha value is -4.20. The number of hydrogen-bond acceptors (Lipinski definition) is 6. The summed E-state index contributed by atoms with van der Waals surface area (Å²) >= 11 is 0. The first kappa shape index (κ1) is 21.0. The molecule has 1 N–H and O–H groups in total. The Morgan fingerprint density at radius 3 is 2.50 bits per heavy atom. The zero-order chi connectivity index (χ0) is 22.5. The number of carbonyl (C=O) groups is 1. The third-order valence-corrected chi connectivity index (χ3v) is 5.00. The van der Waals surface area contributed by atoms with Crippen molar-refractivity contribution in [3.05, 3.63) is 94.2 Å². The van der Waals surface area contributed by atoms with Gasteiger partial charge in [0.15, 0.2) is 17.2 Å². The van der Waals surface area contributed by atoms with Crippen LogP contribution in [-0.2, 0) is 20.2 Å². The highest BCUT2D eigenvalue weighted by atomic mass is 16.5. The zero-order valence-corrected chi connectivity index (χ0v) is 17.7. The first-order valence-corrected chi connectivity index (χ1v) is 9.99. The Morgan fingerprint density at radius 1 is 1.00 bits per heavy atom. The highest BCUT2D eigenvalue weighted by molar-refractivity contribution is 6.04. The van der Waals surface area contributed by atoms with Crippen molar-refractivity contribution < 1.29 is 14.3 Å². The molecule has 0 unspecified atom stereocenters. The van der Waals surface area contributed by atoms with Crippen molar-refractivity contribution >= 4 is 16.7 Å². The zero-order valence-electron chi connectivity index (χ0n) is 17.7. The van der Waals surface area contributed by atoms with E-state index in [9.17, 15) is 9.59 Å². The van der Waals surface area contributed by atoms with Crippen LogP contribution < -0.4 is 20.3 Å². The molecular weight excluding hydrogens is 408 g/mol. The Balaban J connectivity index is 1.48. The minimum Gasteiger partial charge on any atom is -0.493 e. The van der Waals surface area contributed by atoms with Crippen molar-refractivity contribution in [2.75, 3.05) is 7.11 Å². The second-order valence-corrected chi connectivity index (χ2v) is 7.13. The SMILES string of the molecule is COc1cc(CNC(=O)c2nn(C)c(=O)c3ccccc23)ccc1OCc1ccncc1. The van der Waals surface area contributed by atoms with E-state index in [0.717, 1.165) is 11.1 Å². The van der Waals surface area contributed by atoms with Gasteiger partial charge in [-0.15, -0.1) is 0 Å². The molecule has 4 rings (SSSR count). The highest BCUT2D eigenvalue weighted by Gasteiger charge is 2.15. The quantitative estimate of drug-likeness (QED) is 0.484. The lowest BCUT2D eigenvalue weighted by atomic mass is 10.1. The van der Waals surface area contributed by atoms with Gasteiger partial charge in [0, 0.05) is 31.4 Å². The molecule has 2 aromatic carbocycles. The lowest BCUT2D eigenvalue weighted by Gasteiger charge is -2.13. The molecule has 8 heteroatoms. The molecule has 4 aromatic rings. The third kappa shape index (κ3) is 4.44. The van der Waals surface area contributed by atoms with Crippen LogP contribution in [0.1, 0.15) is 21.6 Å². The second-order valence-electron chi connectivity index (χ2n) is 7.13. The molecule has 0 bridgehead atoms. The van der Waals surface area contributed by atoms with Gasteiger partial charge in [-0.25, -0.2) is 4.68 Å². The van der Waals surface area contributed by atoms with Crippen molar-refractivity contribution in [2.24, 2.45) is 7.05 Å². The fraction of sp³-hybridized carbons (Fsp3) is 0.167. The predicted octanol–water partition coefficient (Wildman–Crippen LogP) is 2.85. The smallest absolute Gasteiger partial charge is 0.274 e. The van der Waals surface area contributed by atoms with Crippen LogP contribution >= 0.6 is 0 Å². The molecule has 0 aliphatic rings. The van der Waals surface area contributed by atoms with Crippen LogP contribution in [0.3, 0.4) is 0 Å². The number of pyridine rings is 1. The van der Waals surface area contributed by atoms with E-state index in [1.54, 1.807) is 49.8 Å². The van der Waals surface area contributed by atoms with Gasteiger partial charge in [0.25, 0.3) is 11.5 Å². The number of ether oxygens (including phenoxy) is 2. The molecule has 0 aliphatic carbocycles. The van der Waals surface area contributed by atoms with E-state index in [-0.39, 0.29) is 23.7 Å². The summed E-state index contributed by atoms with van der Waals surface area (Å²) in [6.45, 7) is 0.652. The first-order chi connectivity index (χ1) is 15.6. The first-order valence-electron chi connectivity index (χ1n) is 9.99. The van der Waals surface area contributed by atoms with E-state index >= 15 is 0 Å². The summed E-state index contributed by atoms with van der Waals surface area (Å²) in [7, 11) is 3.10. The summed E-state index contributed by atoms with van der Waals surface area (Å²) in [5.41, 5.74) is 1.78. The largest absolute Gasteiger partial charge is 0.493 e. The molecule has 0 radical (unpaired) electrons. The van der Waals surface area contributed by atoms with Gasteiger partial charge in [-0.3, -0.25) is 14.6 Å². The van der Waals surface area contributed by atoms with E-state index in [1.807, 2.05) is 24.3 Å². The normalized spacial score (nSPS) is 10.7. The number of methoxy groups -OCH3 is 1. The number of amides is 1. The number of carbonyl (C=O) groups excluding carboxylic acids is 1. The molecule has 0 saturated carbocycles. The lowest BCUT2D eigenvalue weighted by molar-refractivity contribution is 0.0945. The lowest BCUT2D eigenvalue weighted by Crippen LogP contribution is -2.29. The van der Waals surface area contributed by atoms with Gasteiger partial charge >= 0.3 is 0 Å². The average Bonchev–Trinajstić information content (AvgIpc) is 2.84. The standard InChI is InChI=1S/C24H22N4O4/c1-28-24(30)19-6-4-3-5-18(19)22(27-28)23(29)26-14-17-7-8-20(21(13-17)31-2)32-15-16-9-11-25-12-10-16/h3-13H,14-15H2,1-2H3,(H,26,29). The Morgan fingerprint density at radius 2 is 1.75 bits per heavy atom. The van der Waals surface area contributed by atoms with Crippen LogP contribution in [0.5, 0.6) is 11.5 Å². The minimum atomic E-state index is -0.367. The Labute approximate surface area is 184 Å². The van der Waals surface area contributed by atoms with E-state index in [0.29, 0.717) is 28.9 Å². The molecule has 0 saturated heterocycles. The maximum Gasteiger partial charge on any atom is 0.274 e. The summed E-state index contributed by atoms with van der Waals surface area (Å²) in [4.78, 5) is 29.1. The van der Waals surface area contributed by atoms with Crippen molar-refractivity contribution in [2.45, 2.75) is 13.2 Å². The van der Waals surface area contributed by atoms with Gasteiger partial charge in [0.2, 0.25) is 0 Å². The van der Waals surface area contributed by atoms with Gasteiger partial charge in [-0.1, -0.05) is 24.3 Å². The summed E-state index contributed by atoms with van der Waals surface area (Å²) < 4.78 is 12.5. The van der Waals surface area contributed by atoms with Crippen LogP contribution in [0.25, 0.3) is 10.8 Å². The van der Waals surface area contributed by atoms with E-state index in [2.05, 4.69) is 15.4 Å². The number of rotatable bonds is 7. The number of benzene rings is 2. The molecule has 0 fully saturated rings. The number of hydrogen-bond donors (Lipinski definition) is 1. The summed E-state index contributed by atoms with van der Waals surface area (Å²) in [5, 5.41) is 7.99. The van der Waals surface area contributed by atoms with Crippen LogP contribution in [-0.4, -0.2) is 27.8 Å². The number of nitrogens with one attached hydrogen (secondary N) is 1. The molecule has 1 amide bonds. The molecule has 162 valence electrons. The van der Waals surface area contributed by atoms with E-state index in [4.69, 9.17) is 9.47 Å². The second kappa shape index (κ2) is 9.30. The maximum absolute atomic E-state index is 12.8. The minimum absolute atomic E-state index is 0.201. The van der Waals surface area contributed by atoms with Crippen LogP contribution in [0, 0.1) is 0 Å². The topological polar surface area (TPSA) is 95.3 Å². The summed E-state index contributed by atoms with van der Waals surface area (Å²) in [6.07, 6.45) is 3.43. The molecule has 2 aromatic heterocycles. The summed E-state index contributed by atoms with van der Waals surface area (Å²) in [5.74, 6) is 0.801. The highest BCUT2D eigenvalue weighted by Crippen LogP contribution is 2.29. The molecule has 2 heterocycles. The van der Waals surface area contributed by atoms with Crippen LogP contribution in [0.4, 0.5) is 0 Å². The average molecular weight is 430 g/mol. The van der Waals surface area contributed by atoms with Gasteiger partial charge in [-0.2, -0.15) is 5.10 Å². The summed E-state index contributed by atoms with van der Waals surface area (Å²) in [6, 6.07) is 16.2. The van der Waals surface area contributed by atoms with Crippen molar-refractivity contribution in [1.29, 1.82) is 0 Å². The Kier molecular flexibility index (Phi) is 6.12. The van der Waals surface area contributed by atoms with E-state index in [1.165, 1.54) is 11.7 Å². The van der Waals surface area contributed by atoms with Gasteiger partial charge in [-0.05, 0) is 41.5 Å². The molecule has 0 spiro atoms. The number of nitrogens with zero attached hydrogens (tertiary/aromatic N) is 3. The third-order valence-electron chi connectivity index (χ3n) is 5.00. The number of aromatic nitrogens is 3. The molecular formula is C24H22N4O4. The fourth-order valence-corrected chi connectivity index (χ4v) is 3.31. The molecule has 0 atom stereocenters. The van der Waals surface area contributed by atoms with Gasteiger partial charge in [0.05, 0.1) is 12.5 Å². The number of fused-ring (bicyclic) bond motifs is 1. The molecule has 8 nitrogen and oxygen atoms in total. The van der Waals surface area contributed by atoms with E-state index < -0.39 is 0 Å². The van der Waals surface area contributed by atoms with Crippen molar-refractivity contribution in [3.63, 3.8) is 0 Å². The monoisotopic (exact) mass is 430 g/mol. The maximum atomic E-state index is 12.8. The molecule has 0 aliphatic heterocycles. The van der Waals surface area contributed by atoms with Gasteiger partial charge in [0.1, 0.15) is 6.61 Å². The van der Waals surface area contributed by atoms with Crippen LogP contribution in [0.2, 0.25) is 0 Å². The molecule has 32 heavy (non-hydrogen) atoms. The van der Waals surface area contributed by atoms with Gasteiger partial charge < -0.3 is 14.8 Å². The number of aryl methyl sites for hydroxylation is 1. The van der Waals surface area contributed by atoms with Crippen molar-refractivity contribution in [1.82, 2.24) is 20.1 Å². The fourth-order valence-electron chi connectivity index (χ4n) is 3.31. The van der Waals surface area contributed by atoms with Crippen molar-refractivity contribution in [3.8, 4) is 11.5 Å². The van der Waals surface area contributed by atoms with Crippen LogP contribution in [0.15, 0.2) is 71.8 Å².